The summed E-state index contributed by atoms with van der Waals surface area (Å²) < 4.78 is 11.1. The van der Waals surface area contributed by atoms with Crippen molar-refractivity contribution in [3.63, 3.8) is 0 Å². The van der Waals surface area contributed by atoms with Crippen LogP contribution in [-0.4, -0.2) is 42.2 Å². The van der Waals surface area contributed by atoms with Gasteiger partial charge < -0.3 is 19.7 Å². The van der Waals surface area contributed by atoms with Crippen molar-refractivity contribution in [2.24, 2.45) is 0 Å². The summed E-state index contributed by atoms with van der Waals surface area (Å²) in [5.41, 5.74) is 1.04. The largest absolute Gasteiger partial charge is 0.497 e. The number of piperidine rings is 1. The Labute approximate surface area is 147 Å². The summed E-state index contributed by atoms with van der Waals surface area (Å²) >= 11 is 0. The maximum Gasteiger partial charge on any atom is 0.317 e. The van der Waals surface area contributed by atoms with E-state index < -0.39 is 0 Å². The molecular formula is C19H23N3O3. The Balaban J connectivity index is 1.49. The predicted molar refractivity (Wildman–Crippen MR) is 94.7 cm³/mol. The standard InChI is InChI=1S/C19H23N3O3/c1-24-16-6-4-15(5-7-16)13-21-19(23)22-12-2-3-18(14-22)25-17-8-10-20-11-9-17/h4-11,18H,2-3,12-14H2,1H3,(H,21,23)/t18-/m1/s1. The lowest BCUT2D eigenvalue weighted by Gasteiger charge is -2.32. The third kappa shape index (κ3) is 4.86. The molecule has 2 heterocycles. The first-order valence-electron chi connectivity index (χ1n) is 8.47. The second-order valence-electron chi connectivity index (χ2n) is 6.02. The van der Waals surface area contributed by atoms with Gasteiger partial charge in [-0.1, -0.05) is 12.1 Å². The number of carbonyl (C=O) groups is 1. The van der Waals surface area contributed by atoms with Gasteiger partial charge in [-0.15, -0.1) is 0 Å². The fraction of sp³-hybridized carbons (Fsp3) is 0.368. The Morgan fingerprint density at radius 2 is 1.96 bits per heavy atom. The summed E-state index contributed by atoms with van der Waals surface area (Å²) in [6, 6.07) is 11.3. The zero-order valence-corrected chi connectivity index (χ0v) is 14.4. The molecule has 2 aromatic rings. The number of hydrogen-bond acceptors (Lipinski definition) is 4. The molecule has 0 saturated carbocycles. The molecule has 0 unspecified atom stereocenters. The van der Waals surface area contributed by atoms with Gasteiger partial charge in [0.1, 0.15) is 17.6 Å². The van der Waals surface area contributed by atoms with Crippen LogP contribution in [0.25, 0.3) is 0 Å². The zero-order chi connectivity index (χ0) is 17.5. The van der Waals surface area contributed by atoms with Crippen LogP contribution >= 0.6 is 0 Å². The minimum absolute atomic E-state index is 0.0166. The van der Waals surface area contributed by atoms with Crippen LogP contribution in [0.2, 0.25) is 0 Å². The summed E-state index contributed by atoms with van der Waals surface area (Å²) in [6.45, 7) is 1.84. The first-order chi connectivity index (χ1) is 12.2. The number of nitrogens with one attached hydrogen (secondary N) is 1. The van der Waals surface area contributed by atoms with E-state index in [-0.39, 0.29) is 12.1 Å². The van der Waals surface area contributed by atoms with Gasteiger partial charge in [0, 0.05) is 25.5 Å². The number of pyridine rings is 1. The number of likely N-dealkylation sites (tertiary alicyclic amines) is 1. The van der Waals surface area contributed by atoms with Crippen molar-refractivity contribution in [3.8, 4) is 11.5 Å². The molecule has 132 valence electrons. The van der Waals surface area contributed by atoms with E-state index in [4.69, 9.17) is 9.47 Å². The van der Waals surface area contributed by atoms with E-state index in [0.717, 1.165) is 36.4 Å². The van der Waals surface area contributed by atoms with Crippen LogP contribution in [0.4, 0.5) is 4.79 Å². The molecule has 25 heavy (non-hydrogen) atoms. The molecule has 1 atom stereocenters. The number of carbonyl (C=O) groups excluding carboxylic acids is 1. The molecule has 1 aliphatic rings. The Bertz CT molecular complexity index is 676. The minimum Gasteiger partial charge on any atom is -0.497 e. The first kappa shape index (κ1) is 17.1. The van der Waals surface area contributed by atoms with Gasteiger partial charge >= 0.3 is 6.03 Å². The fourth-order valence-electron chi connectivity index (χ4n) is 2.86. The molecule has 1 saturated heterocycles. The van der Waals surface area contributed by atoms with Crippen molar-refractivity contribution < 1.29 is 14.3 Å². The minimum atomic E-state index is -0.0566. The summed E-state index contributed by atoms with van der Waals surface area (Å²) in [6.07, 6.45) is 5.31. The van der Waals surface area contributed by atoms with Crippen LogP contribution in [0.3, 0.4) is 0 Å². The molecule has 1 aromatic carbocycles. The summed E-state index contributed by atoms with van der Waals surface area (Å²) in [5.74, 6) is 1.60. The molecule has 3 rings (SSSR count). The van der Waals surface area contributed by atoms with E-state index in [1.54, 1.807) is 19.5 Å². The average molecular weight is 341 g/mol. The summed E-state index contributed by atoms with van der Waals surface area (Å²) in [5, 5.41) is 2.97. The van der Waals surface area contributed by atoms with Crippen LogP contribution < -0.4 is 14.8 Å². The van der Waals surface area contributed by atoms with Crippen LogP contribution in [0.1, 0.15) is 18.4 Å². The van der Waals surface area contributed by atoms with E-state index >= 15 is 0 Å². The van der Waals surface area contributed by atoms with Crippen molar-refractivity contribution in [2.45, 2.75) is 25.5 Å². The van der Waals surface area contributed by atoms with Crippen LogP contribution in [-0.2, 0) is 6.54 Å². The number of amides is 2. The maximum absolute atomic E-state index is 12.4. The second kappa shape index (κ2) is 8.37. The molecule has 2 amide bonds. The molecule has 6 heteroatoms. The smallest absolute Gasteiger partial charge is 0.317 e. The van der Waals surface area contributed by atoms with E-state index in [1.807, 2.05) is 41.3 Å². The number of aromatic nitrogens is 1. The van der Waals surface area contributed by atoms with E-state index in [1.165, 1.54) is 0 Å². The van der Waals surface area contributed by atoms with Crippen molar-refractivity contribution in [1.29, 1.82) is 0 Å². The first-order valence-corrected chi connectivity index (χ1v) is 8.47. The van der Waals surface area contributed by atoms with Gasteiger partial charge in [-0.25, -0.2) is 4.79 Å². The number of nitrogens with zero attached hydrogens (tertiary/aromatic N) is 2. The molecular weight excluding hydrogens is 318 g/mol. The quantitative estimate of drug-likeness (QED) is 0.908. The highest BCUT2D eigenvalue weighted by Gasteiger charge is 2.24. The van der Waals surface area contributed by atoms with Crippen LogP contribution in [0.5, 0.6) is 11.5 Å². The lowest BCUT2D eigenvalue weighted by molar-refractivity contribution is 0.101. The molecule has 6 nitrogen and oxygen atoms in total. The summed E-state index contributed by atoms with van der Waals surface area (Å²) in [4.78, 5) is 18.2. The number of ether oxygens (including phenoxy) is 2. The molecule has 0 radical (unpaired) electrons. The number of rotatable bonds is 5. The number of benzene rings is 1. The van der Waals surface area contributed by atoms with Gasteiger partial charge in [0.15, 0.2) is 0 Å². The average Bonchev–Trinajstić information content (AvgIpc) is 2.67. The Morgan fingerprint density at radius 3 is 2.68 bits per heavy atom. The third-order valence-electron chi connectivity index (χ3n) is 4.22. The fourth-order valence-corrected chi connectivity index (χ4v) is 2.86. The SMILES string of the molecule is COc1ccc(CNC(=O)N2CCC[C@@H](Oc3ccncc3)C2)cc1. The van der Waals surface area contributed by atoms with Crippen LogP contribution in [0, 0.1) is 0 Å². The van der Waals surface area contributed by atoms with Gasteiger partial charge in [-0.3, -0.25) is 4.98 Å². The number of methoxy groups -OCH3 is 1. The zero-order valence-electron chi connectivity index (χ0n) is 14.4. The highest BCUT2D eigenvalue weighted by Crippen LogP contribution is 2.18. The monoisotopic (exact) mass is 341 g/mol. The molecule has 0 aliphatic carbocycles. The Morgan fingerprint density at radius 1 is 1.20 bits per heavy atom. The topological polar surface area (TPSA) is 63.7 Å². The molecule has 1 aliphatic heterocycles. The van der Waals surface area contributed by atoms with E-state index in [2.05, 4.69) is 10.3 Å². The molecule has 0 bridgehead atoms. The third-order valence-corrected chi connectivity index (χ3v) is 4.22. The van der Waals surface area contributed by atoms with Gasteiger partial charge in [-0.2, -0.15) is 0 Å². The van der Waals surface area contributed by atoms with Crippen molar-refractivity contribution in [2.75, 3.05) is 20.2 Å². The van der Waals surface area contributed by atoms with Crippen molar-refractivity contribution in [3.05, 3.63) is 54.4 Å². The lowest BCUT2D eigenvalue weighted by Crippen LogP contribution is -2.48. The van der Waals surface area contributed by atoms with Crippen molar-refractivity contribution >= 4 is 6.03 Å². The predicted octanol–water partition coefficient (Wildman–Crippen LogP) is 2.84. The lowest BCUT2D eigenvalue weighted by atomic mass is 10.1. The highest BCUT2D eigenvalue weighted by atomic mass is 16.5. The molecule has 0 spiro atoms. The van der Waals surface area contributed by atoms with E-state index in [0.29, 0.717) is 13.1 Å². The van der Waals surface area contributed by atoms with Gasteiger partial charge in [0.25, 0.3) is 0 Å². The highest BCUT2D eigenvalue weighted by molar-refractivity contribution is 5.74. The van der Waals surface area contributed by atoms with Gasteiger partial charge in [0.2, 0.25) is 0 Å². The molecule has 1 fully saturated rings. The van der Waals surface area contributed by atoms with Crippen LogP contribution in [0.15, 0.2) is 48.8 Å². The maximum atomic E-state index is 12.4. The van der Waals surface area contributed by atoms with Crippen molar-refractivity contribution in [1.82, 2.24) is 15.2 Å². The normalized spacial score (nSPS) is 17.0. The Hall–Kier alpha value is -2.76. The van der Waals surface area contributed by atoms with Gasteiger partial charge in [0.05, 0.1) is 13.7 Å². The number of hydrogen-bond donors (Lipinski definition) is 1. The molecule has 1 N–H and O–H groups in total. The number of urea groups is 1. The second-order valence-corrected chi connectivity index (χ2v) is 6.02. The Kier molecular flexibility index (Phi) is 5.72. The van der Waals surface area contributed by atoms with Gasteiger partial charge in [-0.05, 0) is 42.7 Å². The van der Waals surface area contributed by atoms with E-state index in [9.17, 15) is 4.79 Å². The molecule has 1 aromatic heterocycles. The summed E-state index contributed by atoms with van der Waals surface area (Å²) in [7, 11) is 1.64.